The molecule has 1 saturated heterocycles. The van der Waals surface area contributed by atoms with Crippen LogP contribution < -0.4 is 10.6 Å². The van der Waals surface area contributed by atoms with Crippen molar-refractivity contribution in [2.24, 2.45) is 0 Å². The fourth-order valence-corrected chi connectivity index (χ4v) is 2.03. The first-order valence-electron chi connectivity index (χ1n) is 6.66. The van der Waals surface area contributed by atoms with Crippen LogP contribution in [0.5, 0.6) is 0 Å². The van der Waals surface area contributed by atoms with Crippen molar-refractivity contribution in [2.45, 2.75) is 12.8 Å². The smallest absolute Gasteiger partial charge is 0.324 e. The lowest BCUT2D eigenvalue weighted by molar-refractivity contribution is -0.126. The summed E-state index contributed by atoms with van der Waals surface area (Å²) in [5.74, 6) is -0.879. The number of amides is 4. The number of hydrogen-bond acceptors (Lipinski definition) is 3. The molecular weight excluding hydrogens is 277 g/mol. The fourth-order valence-electron chi connectivity index (χ4n) is 2.03. The van der Waals surface area contributed by atoms with Gasteiger partial charge in [-0.1, -0.05) is 18.2 Å². The Morgan fingerprint density at radius 1 is 1.33 bits per heavy atom. The highest BCUT2D eigenvalue weighted by Crippen LogP contribution is 2.08. The number of nitrogens with one attached hydrogen (secondary N) is 2. The first-order valence-corrected chi connectivity index (χ1v) is 6.66. The van der Waals surface area contributed by atoms with Crippen molar-refractivity contribution >= 4 is 17.8 Å². The average Bonchev–Trinajstić information content (AvgIpc) is 2.78. The van der Waals surface area contributed by atoms with E-state index in [4.69, 9.17) is 0 Å². The Bertz CT molecular complexity index is 546. The monoisotopic (exact) mass is 293 g/mol. The van der Waals surface area contributed by atoms with Crippen LogP contribution in [-0.2, 0) is 16.0 Å². The van der Waals surface area contributed by atoms with E-state index >= 15 is 0 Å². The molecule has 1 aliphatic rings. The zero-order chi connectivity index (χ0) is 15.2. The first kappa shape index (κ1) is 15.0. The summed E-state index contributed by atoms with van der Waals surface area (Å²) in [5, 5.41) is 5.00. The van der Waals surface area contributed by atoms with E-state index in [1.54, 1.807) is 18.2 Å². The highest BCUT2D eigenvalue weighted by atomic mass is 19.1. The van der Waals surface area contributed by atoms with Crippen molar-refractivity contribution in [1.29, 1.82) is 0 Å². The second kappa shape index (κ2) is 6.83. The highest BCUT2D eigenvalue weighted by Gasteiger charge is 2.27. The van der Waals surface area contributed by atoms with Crippen LogP contribution in [0.3, 0.4) is 0 Å². The van der Waals surface area contributed by atoms with Crippen molar-refractivity contribution in [2.75, 3.05) is 19.6 Å². The van der Waals surface area contributed by atoms with Crippen LogP contribution in [0.2, 0.25) is 0 Å². The predicted molar refractivity (Wildman–Crippen MR) is 72.8 cm³/mol. The Morgan fingerprint density at radius 3 is 2.76 bits per heavy atom. The van der Waals surface area contributed by atoms with E-state index in [1.165, 1.54) is 6.07 Å². The quantitative estimate of drug-likeness (QED) is 0.746. The van der Waals surface area contributed by atoms with Gasteiger partial charge in [-0.3, -0.25) is 14.5 Å². The summed E-state index contributed by atoms with van der Waals surface area (Å²) < 4.78 is 13.4. The lowest BCUT2D eigenvalue weighted by Crippen LogP contribution is -2.38. The number of imide groups is 1. The van der Waals surface area contributed by atoms with Gasteiger partial charge >= 0.3 is 6.03 Å². The van der Waals surface area contributed by atoms with Crippen molar-refractivity contribution in [3.63, 3.8) is 0 Å². The lowest BCUT2D eigenvalue weighted by atomic mass is 10.1. The zero-order valence-corrected chi connectivity index (χ0v) is 11.4. The van der Waals surface area contributed by atoms with E-state index in [2.05, 4.69) is 10.6 Å². The SMILES string of the molecule is O=C(CCc1ccccc1F)NCCN1C(=O)CNC1=O. The third-order valence-electron chi connectivity index (χ3n) is 3.17. The molecule has 1 fully saturated rings. The predicted octanol–water partition coefficient (Wildman–Crippen LogP) is 0.426. The maximum absolute atomic E-state index is 13.4. The van der Waals surface area contributed by atoms with Crippen LogP contribution in [-0.4, -0.2) is 42.4 Å². The molecule has 1 aromatic rings. The van der Waals surface area contributed by atoms with Crippen molar-refractivity contribution in [1.82, 2.24) is 15.5 Å². The van der Waals surface area contributed by atoms with E-state index in [0.717, 1.165) is 4.90 Å². The number of benzene rings is 1. The summed E-state index contributed by atoms with van der Waals surface area (Å²) in [7, 11) is 0. The average molecular weight is 293 g/mol. The molecule has 0 atom stereocenters. The van der Waals surface area contributed by atoms with E-state index < -0.39 is 6.03 Å². The molecule has 2 rings (SSSR count). The minimum Gasteiger partial charge on any atom is -0.354 e. The number of nitrogens with zero attached hydrogens (tertiary/aromatic N) is 1. The number of urea groups is 1. The van der Waals surface area contributed by atoms with Crippen molar-refractivity contribution < 1.29 is 18.8 Å². The van der Waals surface area contributed by atoms with Gasteiger partial charge in [-0.2, -0.15) is 0 Å². The van der Waals surface area contributed by atoms with Gasteiger partial charge in [0.25, 0.3) is 0 Å². The minimum atomic E-state index is -0.444. The molecule has 0 aromatic heterocycles. The third-order valence-corrected chi connectivity index (χ3v) is 3.17. The van der Waals surface area contributed by atoms with Crippen LogP contribution in [0.15, 0.2) is 24.3 Å². The second-order valence-corrected chi connectivity index (χ2v) is 4.65. The molecule has 4 amide bonds. The van der Waals surface area contributed by atoms with Crippen molar-refractivity contribution in [3.05, 3.63) is 35.6 Å². The Kier molecular flexibility index (Phi) is 4.86. The summed E-state index contributed by atoms with van der Waals surface area (Å²) in [6.07, 6.45) is 0.461. The largest absolute Gasteiger partial charge is 0.354 e. The summed E-state index contributed by atoms with van der Waals surface area (Å²) >= 11 is 0. The van der Waals surface area contributed by atoms with E-state index in [9.17, 15) is 18.8 Å². The Balaban J connectivity index is 1.69. The normalized spacial score (nSPS) is 14.2. The summed E-state index contributed by atoms with van der Waals surface area (Å²) in [6, 6.07) is 5.85. The highest BCUT2D eigenvalue weighted by molar-refractivity contribution is 6.01. The molecule has 1 aliphatic heterocycles. The van der Waals surface area contributed by atoms with Gasteiger partial charge in [0.05, 0.1) is 6.54 Å². The second-order valence-electron chi connectivity index (χ2n) is 4.65. The molecule has 112 valence electrons. The van der Waals surface area contributed by atoms with Gasteiger partial charge in [0.15, 0.2) is 0 Å². The lowest BCUT2D eigenvalue weighted by Gasteiger charge is -2.12. The minimum absolute atomic E-state index is 0.0000633. The van der Waals surface area contributed by atoms with Gasteiger partial charge in [-0.05, 0) is 18.1 Å². The summed E-state index contributed by atoms with van der Waals surface area (Å²) in [5.41, 5.74) is 0.488. The molecule has 0 bridgehead atoms. The molecule has 7 heteroatoms. The van der Waals surface area contributed by atoms with Crippen LogP contribution in [0.25, 0.3) is 0 Å². The van der Waals surface area contributed by atoms with Gasteiger partial charge in [-0.25, -0.2) is 9.18 Å². The molecule has 21 heavy (non-hydrogen) atoms. The van der Waals surface area contributed by atoms with Gasteiger partial charge in [-0.15, -0.1) is 0 Å². The fraction of sp³-hybridized carbons (Fsp3) is 0.357. The number of rotatable bonds is 6. The molecule has 0 radical (unpaired) electrons. The molecule has 0 unspecified atom stereocenters. The van der Waals surface area contributed by atoms with E-state index in [1.807, 2.05) is 0 Å². The number of halogens is 1. The summed E-state index contributed by atoms with van der Waals surface area (Å²) in [4.78, 5) is 35.2. The number of aryl methyl sites for hydroxylation is 1. The number of carbonyl (C=O) groups is 3. The molecule has 1 aromatic carbocycles. The zero-order valence-electron chi connectivity index (χ0n) is 11.4. The van der Waals surface area contributed by atoms with Crippen molar-refractivity contribution in [3.8, 4) is 0 Å². The summed E-state index contributed by atoms with van der Waals surface area (Å²) in [6.45, 7) is 0.325. The maximum Gasteiger partial charge on any atom is 0.324 e. The number of carbonyl (C=O) groups excluding carboxylic acids is 3. The van der Waals surface area contributed by atoms with Gasteiger partial charge in [0.1, 0.15) is 5.82 Å². The topological polar surface area (TPSA) is 78.5 Å². The van der Waals surface area contributed by atoms with Gasteiger partial charge in [0.2, 0.25) is 11.8 Å². The van der Waals surface area contributed by atoms with Crippen LogP contribution in [0.1, 0.15) is 12.0 Å². The first-order chi connectivity index (χ1) is 10.1. The third kappa shape index (κ3) is 4.01. The van der Waals surface area contributed by atoms with E-state index in [0.29, 0.717) is 12.0 Å². The molecule has 2 N–H and O–H groups in total. The van der Waals surface area contributed by atoms with Crippen LogP contribution in [0.4, 0.5) is 9.18 Å². The van der Waals surface area contributed by atoms with Gasteiger partial charge in [0, 0.05) is 19.5 Å². The van der Waals surface area contributed by atoms with Crippen LogP contribution in [0, 0.1) is 5.82 Å². The molecule has 6 nitrogen and oxygen atoms in total. The molecular formula is C14H16FN3O3. The maximum atomic E-state index is 13.4. The molecule has 0 spiro atoms. The van der Waals surface area contributed by atoms with Gasteiger partial charge < -0.3 is 10.6 Å². The molecule has 1 heterocycles. The molecule has 0 saturated carbocycles. The number of hydrogen-bond donors (Lipinski definition) is 2. The Hall–Kier alpha value is -2.44. The van der Waals surface area contributed by atoms with Crippen LogP contribution >= 0.6 is 0 Å². The van der Waals surface area contributed by atoms with E-state index in [-0.39, 0.29) is 43.7 Å². The molecule has 0 aliphatic carbocycles. The standard InChI is InChI=1S/C14H16FN3O3/c15-11-4-2-1-3-10(11)5-6-12(19)16-7-8-18-13(20)9-17-14(18)21/h1-4H,5-9H2,(H,16,19)(H,17,21). The Labute approximate surface area is 121 Å². The Morgan fingerprint density at radius 2 is 2.10 bits per heavy atom.